The Morgan fingerprint density at radius 3 is 2.38 bits per heavy atom. The topological polar surface area (TPSA) is 12.0 Å². The molecule has 2 rings (SSSR count). The number of hydrogen-bond donors (Lipinski definition) is 1. The smallest absolute Gasteiger partial charge is 0.00699 e. The molecule has 1 aromatic carbocycles. The molecule has 0 spiro atoms. The molecule has 0 aromatic heterocycles. The zero-order chi connectivity index (χ0) is 14.9. The van der Waals surface area contributed by atoms with Crippen LogP contribution >= 0.6 is 0 Å². The molecule has 0 saturated heterocycles. The standard InChI is InChI=1S/C20H33N/c1-3-4-5-7-10-17(2)21-20-15-13-19(14-16-20)18-11-8-6-9-12-18/h6,8-9,11-12,17,19-21H,3-5,7,10,13-16H2,1-2H3. The molecule has 0 aliphatic heterocycles. The molecule has 1 N–H and O–H groups in total. The van der Waals surface area contributed by atoms with Crippen LogP contribution < -0.4 is 5.32 Å². The van der Waals surface area contributed by atoms with Crippen molar-refractivity contribution in [1.82, 2.24) is 5.32 Å². The molecule has 1 aromatic rings. The summed E-state index contributed by atoms with van der Waals surface area (Å²) >= 11 is 0. The van der Waals surface area contributed by atoms with Crippen LogP contribution in [0.25, 0.3) is 0 Å². The van der Waals surface area contributed by atoms with Crippen LogP contribution in [-0.2, 0) is 0 Å². The molecular formula is C20H33N. The van der Waals surface area contributed by atoms with Crippen molar-refractivity contribution in [2.75, 3.05) is 0 Å². The van der Waals surface area contributed by atoms with Crippen LogP contribution in [0.4, 0.5) is 0 Å². The first-order valence-corrected chi connectivity index (χ1v) is 9.10. The third-order valence-electron chi connectivity index (χ3n) is 5.01. The second kappa shape index (κ2) is 9.25. The second-order valence-corrected chi connectivity index (χ2v) is 6.88. The largest absolute Gasteiger partial charge is 0.312 e. The maximum atomic E-state index is 3.87. The van der Waals surface area contributed by atoms with Crippen LogP contribution in [0.5, 0.6) is 0 Å². The highest BCUT2D eigenvalue weighted by atomic mass is 14.9. The molecule has 1 aliphatic rings. The highest BCUT2D eigenvalue weighted by molar-refractivity contribution is 5.20. The van der Waals surface area contributed by atoms with E-state index in [0.29, 0.717) is 6.04 Å². The van der Waals surface area contributed by atoms with Gasteiger partial charge in [-0.05, 0) is 50.5 Å². The number of hydrogen-bond acceptors (Lipinski definition) is 1. The third kappa shape index (κ3) is 5.82. The highest BCUT2D eigenvalue weighted by Gasteiger charge is 2.22. The van der Waals surface area contributed by atoms with Gasteiger partial charge in [0.05, 0.1) is 0 Å². The Kier molecular flexibility index (Phi) is 7.29. The van der Waals surface area contributed by atoms with Gasteiger partial charge in [-0.15, -0.1) is 0 Å². The van der Waals surface area contributed by atoms with Crippen molar-refractivity contribution < 1.29 is 0 Å². The highest BCUT2D eigenvalue weighted by Crippen LogP contribution is 2.32. The average Bonchev–Trinajstić information content (AvgIpc) is 2.53. The van der Waals surface area contributed by atoms with Gasteiger partial charge in [-0.2, -0.15) is 0 Å². The molecular weight excluding hydrogens is 254 g/mol. The van der Waals surface area contributed by atoms with Crippen LogP contribution in [0.1, 0.15) is 83.1 Å². The molecule has 0 bridgehead atoms. The number of rotatable bonds is 8. The van der Waals surface area contributed by atoms with E-state index in [-0.39, 0.29) is 0 Å². The van der Waals surface area contributed by atoms with Gasteiger partial charge in [0.1, 0.15) is 0 Å². The van der Waals surface area contributed by atoms with Crippen molar-refractivity contribution in [1.29, 1.82) is 0 Å². The van der Waals surface area contributed by atoms with E-state index in [9.17, 15) is 0 Å². The summed E-state index contributed by atoms with van der Waals surface area (Å²) in [4.78, 5) is 0. The Bertz CT molecular complexity index is 365. The normalized spacial score (nSPS) is 23.9. The molecule has 1 heteroatoms. The Hall–Kier alpha value is -0.820. The van der Waals surface area contributed by atoms with E-state index in [1.807, 2.05) is 0 Å². The lowest BCUT2D eigenvalue weighted by atomic mass is 9.81. The Labute approximate surface area is 131 Å². The van der Waals surface area contributed by atoms with Crippen LogP contribution in [0, 0.1) is 0 Å². The number of nitrogens with one attached hydrogen (secondary N) is 1. The summed E-state index contributed by atoms with van der Waals surface area (Å²) in [5, 5.41) is 3.87. The molecule has 1 saturated carbocycles. The van der Waals surface area contributed by atoms with Crippen LogP contribution in [0.3, 0.4) is 0 Å². The van der Waals surface area contributed by atoms with Crippen LogP contribution in [0.15, 0.2) is 30.3 Å². The molecule has 1 unspecified atom stereocenters. The molecule has 21 heavy (non-hydrogen) atoms. The summed E-state index contributed by atoms with van der Waals surface area (Å²) in [6.07, 6.45) is 12.3. The van der Waals surface area contributed by atoms with E-state index >= 15 is 0 Å². The van der Waals surface area contributed by atoms with Crippen molar-refractivity contribution in [3.05, 3.63) is 35.9 Å². The van der Waals surface area contributed by atoms with Gasteiger partial charge in [0, 0.05) is 12.1 Å². The Morgan fingerprint density at radius 2 is 1.71 bits per heavy atom. The predicted molar refractivity (Wildman–Crippen MR) is 92.8 cm³/mol. The van der Waals surface area contributed by atoms with Crippen molar-refractivity contribution in [3.63, 3.8) is 0 Å². The average molecular weight is 287 g/mol. The van der Waals surface area contributed by atoms with Gasteiger partial charge < -0.3 is 5.32 Å². The number of benzene rings is 1. The lowest BCUT2D eigenvalue weighted by molar-refractivity contribution is 0.311. The summed E-state index contributed by atoms with van der Waals surface area (Å²) in [6, 6.07) is 12.5. The molecule has 0 radical (unpaired) electrons. The maximum absolute atomic E-state index is 3.87. The quantitative estimate of drug-likeness (QED) is 0.608. The lowest BCUT2D eigenvalue weighted by Gasteiger charge is -2.31. The molecule has 0 amide bonds. The van der Waals surface area contributed by atoms with Gasteiger partial charge in [-0.1, -0.05) is 62.9 Å². The molecule has 1 fully saturated rings. The zero-order valence-corrected chi connectivity index (χ0v) is 14.0. The van der Waals surface area contributed by atoms with E-state index in [0.717, 1.165) is 12.0 Å². The predicted octanol–water partition coefficient (Wildman–Crippen LogP) is 5.66. The zero-order valence-electron chi connectivity index (χ0n) is 14.0. The van der Waals surface area contributed by atoms with Crippen molar-refractivity contribution in [3.8, 4) is 0 Å². The van der Waals surface area contributed by atoms with Gasteiger partial charge >= 0.3 is 0 Å². The molecule has 1 aliphatic carbocycles. The number of unbranched alkanes of at least 4 members (excludes halogenated alkanes) is 3. The fourth-order valence-electron chi connectivity index (χ4n) is 3.68. The van der Waals surface area contributed by atoms with E-state index in [1.165, 1.54) is 57.8 Å². The molecule has 0 heterocycles. The van der Waals surface area contributed by atoms with E-state index in [4.69, 9.17) is 0 Å². The SMILES string of the molecule is CCCCCCC(C)NC1CCC(c2ccccc2)CC1. The first-order valence-electron chi connectivity index (χ1n) is 9.10. The molecule has 1 atom stereocenters. The van der Waals surface area contributed by atoms with Gasteiger partial charge in [0.15, 0.2) is 0 Å². The van der Waals surface area contributed by atoms with Gasteiger partial charge in [0.25, 0.3) is 0 Å². The van der Waals surface area contributed by atoms with Crippen LogP contribution in [-0.4, -0.2) is 12.1 Å². The second-order valence-electron chi connectivity index (χ2n) is 6.88. The van der Waals surface area contributed by atoms with E-state index in [2.05, 4.69) is 49.5 Å². The van der Waals surface area contributed by atoms with Crippen molar-refractivity contribution >= 4 is 0 Å². The summed E-state index contributed by atoms with van der Waals surface area (Å²) in [7, 11) is 0. The maximum Gasteiger partial charge on any atom is 0.00699 e. The van der Waals surface area contributed by atoms with Crippen molar-refractivity contribution in [2.45, 2.75) is 89.6 Å². The minimum atomic E-state index is 0.695. The monoisotopic (exact) mass is 287 g/mol. The van der Waals surface area contributed by atoms with E-state index < -0.39 is 0 Å². The first kappa shape index (κ1) is 16.5. The summed E-state index contributed by atoms with van der Waals surface area (Å²) in [5.41, 5.74) is 1.54. The summed E-state index contributed by atoms with van der Waals surface area (Å²) in [6.45, 7) is 4.65. The molecule has 1 nitrogen and oxygen atoms in total. The van der Waals surface area contributed by atoms with Crippen molar-refractivity contribution in [2.24, 2.45) is 0 Å². The summed E-state index contributed by atoms with van der Waals surface area (Å²) < 4.78 is 0. The molecule has 118 valence electrons. The van der Waals surface area contributed by atoms with Crippen LogP contribution in [0.2, 0.25) is 0 Å². The Morgan fingerprint density at radius 1 is 1.00 bits per heavy atom. The van der Waals surface area contributed by atoms with Gasteiger partial charge in [0.2, 0.25) is 0 Å². The Balaban J connectivity index is 1.65. The van der Waals surface area contributed by atoms with Gasteiger partial charge in [-0.3, -0.25) is 0 Å². The first-order chi connectivity index (χ1) is 10.3. The third-order valence-corrected chi connectivity index (χ3v) is 5.01. The minimum Gasteiger partial charge on any atom is -0.312 e. The van der Waals surface area contributed by atoms with E-state index in [1.54, 1.807) is 5.56 Å². The minimum absolute atomic E-state index is 0.695. The fraction of sp³-hybridized carbons (Fsp3) is 0.700. The lowest BCUT2D eigenvalue weighted by Crippen LogP contribution is -2.38. The summed E-state index contributed by atoms with van der Waals surface area (Å²) in [5.74, 6) is 0.795. The van der Waals surface area contributed by atoms with Gasteiger partial charge in [-0.25, -0.2) is 0 Å². The fourth-order valence-corrected chi connectivity index (χ4v) is 3.68.